The van der Waals surface area contributed by atoms with E-state index in [1.54, 1.807) is 10.6 Å². The van der Waals surface area contributed by atoms with Crippen LogP contribution in [0.15, 0.2) is 40.9 Å². The van der Waals surface area contributed by atoms with Gasteiger partial charge in [0.15, 0.2) is 11.2 Å². The molecule has 3 aromatic heterocycles. The van der Waals surface area contributed by atoms with Gasteiger partial charge in [0.25, 0.3) is 0 Å². The zero-order valence-corrected chi connectivity index (χ0v) is 16.8. The first-order valence-corrected chi connectivity index (χ1v) is 10.6. The molecule has 4 aromatic rings. The number of fused-ring (bicyclic) bond motifs is 2. The minimum absolute atomic E-state index is 0.00505. The average molecular weight is 420 g/mol. The van der Waals surface area contributed by atoms with Crippen molar-refractivity contribution in [2.24, 2.45) is 5.92 Å². The van der Waals surface area contributed by atoms with Gasteiger partial charge in [-0.1, -0.05) is 11.2 Å². The lowest BCUT2D eigenvalue weighted by Gasteiger charge is -2.32. The van der Waals surface area contributed by atoms with Crippen LogP contribution in [0.1, 0.15) is 37.3 Å². The second-order valence-corrected chi connectivity index (χ2v) is 8.32. The third-order valence-electron chi connectivity index (χ3n) is 6.19. The fourth-order valence-corrected chi connectivity index (χ4v) is 4.35. The highest BCUT2D eigenvalue weighted by molar-refractivity contribution is 5.92. The summed E-state index contributed by atoms with van der Waals surface area (Å²) in [6.07, 6.45) is 3.61. The standard InChI is InChI=1S/C22H21FN6O2/c23-15-6-7-17-16(12-15)20(27-31-17)13-8-10-28(11-9-13)19-3-1-2-18-24-22(26-29(18)19)25-21(30)14-4-5-14/h1-3,6-7,12-14H,4-5,8-11H2,(H,25,26,30). The Morgan fingerprint density at radius 3 is 2.77 bits per heavy atom. The molecule has 31 heavy (non-hydrogen) atoms. The molecular weight excluding hydrogens is 399 g/mol. The van der Waals surface area contributed by atoms with Gasteiger partial charge in [0, 0.05) is 30.3 Å². The Morgan fingerprint density at radius 1 is 1.13 bits per heavy atom. The second kappa shape index (κ2) is 7.04. The predicted molar refractivity (Wildman–Crippen MR) is 112 cm³/mol. The molecule has 1 aliphatic heterocycles. The lowest BCUT2D eigenvalue weighted by atomic mass is 9.91. The molecule has 1 amide bonds. The van der Waals surface area contributed by atoms with Crippen molar-refractivity contribution in [1.82, 2.24) is 19.8 Å². The molecular formula is C22H21FN6O2. The number of anilines is 2. The maximum Gasteiger partial charge on any atom is 0.249 e. The van der Waals surface area contributed by atoms with Crippen LogP contribution in [0, 0.1) is 11.7 Å². The van der Waals surface area contributed by atoms with E-state index in [4.69, 9.17) is 4.52 Å². The van der Waals surface area contributed by atoms with Crippen molar-refractivity contribution < 1.29 is 13.7 Å². The number of nitrogens with one attached hydrogen (secondary N) is 1. The Bertz CT molecular complexity index is 1290. The zero-order chi connectivity index (χ0) is 20.9. The molecule has 4 heterocycles. The Kier molecular flexibility index (Phi) is 4.15. The van der Waals surface area contributed by atoms with Crippen molar-refractivity contribution in [3.05, 3.63) is 47.9 Å². The summed E-state index contributed by atoms with van der Waals surface area (Å²) in [5.74, 6) is 1.31. The topological polar surface area (TPSA) is 88.6 Å². The molecule has 0 radical (unpaired) electrons. The van der Waals surface area contributed by atoms with Gasteiger partial charge in [-0.05, 0) is 56.0 Å². The first-order chi connectivity index (χ1) is 15.2. The van der Waals surface area contributed by atoms with Crippen LogP contribution < -0.4 is 10.2 Å². The summed E-state index contributed by atoms with van der Waals surface area (Å²) in [5, 5.41) is 12.3. The maximum atomic E-state index is 13.7. The van der Waals surface area contributed by atoms with E-state index < -0.39 is 0 Å². The monoisotopic (exact) mass is 420 g/mol. The van der Waals surface area contributed by atoms with E-state index in [9.17, 15) is 9.18 Å². The Morgan fingerprint density at radius 2 is 1.97 bits per heavy atom. The van der Waals surface area contributed by atoms with Crippen molar-refractivity contribution in [2.75, 3.05) is 23.3 Å². The van der Waals surface area contributed by atoms with Gasteiger partial charge in [-0.2, -0.15) is 9.50 Å². The molecule has 1 aromatic carbocycles. The van der Waals surface area contributed by atoms with Gasteiger partial charge in [0.1, 0.15) is 11.6 Å². The molecule has 0 bridgehead atoms. The lowest BCUT2D eigenvalue weighted by Crippen LogP contribution is -2.34. The minimum atomic E-state index is -0.281. The molecule has 1 saturated carbocycles. The molecule has 0 atom stereocenters. The van der Waals surface area contributed by atoms with Gasteiger partial charge >= 0.3 is 0 Å². The highest BCUT2D eigenvalue weighted by Gasteiger charge is 2.31. The largest absolute Gasteiger partial charge is 0.356 e. The number of hydrogen-bond donors (Lipinski definition) is 1. The number of rotatable bonds is 4. The molecule has 0 spiro atoms. The van der Waals surface area contributed by atoms with Crippen LogP contribution in [0.25, 0.3) is 16.6 Å². The van der Waals surface area contributed by atoms with Crippen LogP contribution in [0.4, 0.5) is 16.2 Å². The second-order valence-electron chi connectivity index (χ2n) is 8.32. The number of pyridine rings is 1. The smallest absolute Gasteiger partial charge is 0.249 e. The van der Waals surface area contributed by atoms with Crippen molar-refractivity contribution in [3.8, 4) is 0 Å². The molecule has 1 aliphatic carbocycles. The molecule has 0 unspecified atom stereocenters. The van der Waals surface area contributed by atoms with Crippen molar-refractivity contribution in [3.63, 3.8) is 0 Å². The normalized spacial score (nSPS) is 17.5. The van der Waals surface area contributed by atoms with Crippen molar-refractivity contribution in [1.29, 1.82) is 0 Å². The number of hydrogen-bond acceptors (Lipinski definition) is 6. The van der Waals surface area contributed by atoms with Crippen LogP contribution in [0.3, 0.4) is 0 Å². The van der Waals surface area contributed by atoms with Gasteiger partial charge in [-0.25, -0.2) is 4.39 Å². The lowest BCUT2D eigenvalue weighted by molar-refractivity contribution is -0.117. The van der Waals surface area contributed by atoms with E-state index in [0.717, 1.165) is 55.7 Å². The summed E-state index contributed by atoms with van der Waals surface area (Å²) in [6, 6.07) is 10.4. The maximum absolute atomic E-state index is 13.7. The van der Waals surface area contributed by atoms with Gasteiger partial charge < -0.3 is 9.42 Å². The average Bonchev–Trinajstić information content (AvgIpc) is 3.43. The zero-order valence-electron chi connectivity index (χ0n) is 16.8. The van der Waals surface area contributed by atoms with E-state index >= 15 is 0 Å². The number of piperidine rings is 1. The Balaban J connectivity index is 1.22. The third kappa shape index (κ3) is 3.30. The first-order valence-electron chi connectivity index (χ1n) is 10.6. The van der Waals surface area contributed by atoms with Crippen molar-refractivity contribution >= 4 is 34.3 Å². The van der Waals surface area contributed by atoms with Gasteiger partial charge in [0.2, 0.25) is 11.9 Å². The highest BCUT2D eigenvalue weighted by atomic mass is 19.1. The van der Waals surface area contributed by atoms with E-state index in [0.29, 0.717) is 17.2 Å². The number of nitrogens with zero attached hydrogens (tertiary/aromatic N) is 5. The molecule has 8 nitrogen and oxygen atoms in total. The Hall–Kier alpha value is -3.49. The van der Waals surface area contributed by atoms with Crippen LogP contribution >= 0.6 is 0 Å². The molecule has 1 N–H and O–H groups in total. The summed E-state index contributed by atoms with van der Waals surface area (Å²) >= 11 is 0. The molecule has 2 fully saturated rings. The van der Waals surface area contributed by atoms with E-state index in [1.807, 2.05) is 18.2 Å². The predicted octanol–water partition coefficient (Wildman–Crippen LogP) is 3.74. The third-order valence-corrected chi connectivity index (χ3v) is 6.19. The van der Waals surface area contributed by atoms with Crippen LogP contribution in [-0.2, 0) is 4.79 Å². The fourth-order valence-electron chi connectivity index (χ4n) is 4.35. The van der Waals surface area contributed by atoms with E-state index in [1.165, 1.54) is 12.1 Å². The van der Waals surface area contributed by atoms with E-state index in [2.05, 4.69) is 25.5 Å². The van der Waals surface area contributed by atoms with Crippen LogP contribution in [0.2, 0.25) is 0 Å². The van der Waals surface area contributed by atoms with Crippen molar-refractivity contribution in [2.45, 2.75) is 31.6 Å². The summed E-state index contributed by atoms with van der Waals surface area (Å²) in [6.45, 7) is 1.61. The summed E-state index contributed by atoms with van der Waals surface area (Å²) in [5.41, 5.74) is 2.15. The number of halogens is 1. The number of benzene rings is 1. The molecule has 1 saturated heterocycles. The van der Waals surface area contributed by atoms with Gasteiger partial charge in [0.05, 0.1) is 5.69 Å². The molecule has 2 aliphatic rings. The van der Waals surface area contributed by atoms with Gasteiger partial charge in [-0.15, -0.1) is 5.10 Å². The van der Waals surface area contributed by atoms with Gasteiger partial charge in [-0.3, -0.25) is 10.1 Å². The number of aromatic nitrogens is 4. The Labute approximate surface area is 177 Å². The molecule has 158 valence electrons. The molecule has 9 heteroatoms. The number of carbonyl (C=O) groups is 1. The first kappa shape index (κ1) is 18.3. The SMILES string of the molecule is O=C(Nc1nc2cccc(N3CCC(c4noc5ccc(F)cc45)CC3)n2n1)C1CC1. The van der Waals surface area contributed by atoms with Crippen LogP contribution in [0.5, 0.6) is 0 Å². The quantitative estimate of drug-likeness (QED) is 0.541. The number of amides is 1. The summed E-state index contributed by atoms with van der Waals surface area (Å²) in [7, 11) is 0. The number of carbonyl (C=O) groups excluding carboxylic acids is 1. The molecule has 6 rings (SSSR count). The summed E-state index contributed by atoms with van der Waals surface area (Å²) in [4.78, 5) is 18.8. The van der Waals surface area contributed by atoms with Crippen LogP contribution in [-0.4, -0.2) is 38.8 Å². The summed E-state index contributed by atoms with van der Waals surface area (Å²) < 4.78 is 20.9. The minimum Gasteiger partial charge on any atom is -0.356 e. The van der Waals surface area contributed by atoms with E-state index in [-0.39, 0.29) is 23.6 Å². The highest BCUT2D eigenvalue weighted by Crippen LogP contribution is 2.34. The fraction of sp³-hybridized carbons (Fsp3) is 0.364.